The van der Waals surface area contributed by atoms with E-state index in [0.717, 1.165) is 17.4 Å². The van der Waals surface area contributed by atoms with E-state index in [2.05, 4.69) is 10.3 Å². The number of benzene rings is 1. The van der Waals surface area contributed by atoms with Crippen LogP contribution in [0.3, 0.4) is 0 Å². The minimum Gasteiger partial charge on any atom is -0.298 e. The molecule has 2 aromatic rings. The zero-order chi connectivity index (χ0) is 13.3. The third-order valence-corrected chi connectivity index (χ3v) is 2.99. The summed E-state index contributed by atoms with van der Waals surface area (Å²) >= 11 is 0.865. The standard InChI is InChI=1S/C11H7F3N2OS/c1-2-3-7(17)15-11-16-10-6(18-11)4-5(12)8(13)9(10)14/h2-4H,1H3,(H,15,16,17). The van der Waals surface area contributed by atoms with Crippen LogP contribution in [0, 0.1) is 17.5 Å². The van der Waals surface area contributed by atoms with E-state index in [0.29, 0.717) is 0 Å². The molecule has 1 aromatic carbocycles. The van der Waals surface area contributed by atoms with Gasteiger partial charge in [-0.1, -0.05) is 17.4 Å². The predicted octanol–water partition coefficient (Wildman–Crippen LogP) is 3.23. The highest BCUT2D eigenvalue weighted by Crippen LogP contribution is 2.30. The molecule has 94 valence electrons. The SMILES string of the molecule is CC=CC(=O)Nc1nc2c(F)c(F)c(F)cc2s1. The fraction of sp³-hybridized carbons (Fsp3) is 0.0909. The Morgan fingerprint density at radius 3 is 2.78 bits per heavy atom. The van der Waals surface area contributed by atoms with Crippen molar-refractivity contribution in [2.45, 2.75) is 6.92 Å². The van der Waals surface area contributed by atoms with Gasteiger partial charge < -0.3 is 0 Å². The molecule has 0 aliphatic heterocycles. The van der Waals surface area contributed by atoms with Gasteiger partial charge in [0.1, 0.15) is 5.52 Å². The first kappa shape index (κ1) is 12.6. The number of rotatable bonds is 2. The Balaban J connectivity index is 2.45. The molecule has 1 N–H and O–H groups in total. The molecule has 1 amide bonds. The minimum absolute atomic E-state index is 0.0806. The zero-order valence-corrected chi connectivity index (χ0v) is 9.95. The quantitative estimate of drug-likeness (QED) is 0.673. The number of fused-ring (bicyclic) bond motifs is 1. The van der Waals surface area contributed by atoms with Crippen LogP contribution < -0.4 is 5.32 Å². The van der Waals surface area contributed by atoms with Crippen molar-refractivity contribution in [3.05, 3.63) is 35.7 Å². The third kappa shape index (κ3) is 2.21. The van der Waals surface area contributed by atoms with Crippen LogP contribution in [0.15, 0.2) is 18.2 Å². The van der Waals surface area contributed by atoms with Gasteiger partial charge in [-0.05, 0) is 19.1 Å². The molecule has 0 radical (unpaired) electrons. The molecular formula is C11H7F3N2OS. The zero-order valence-electron chi connectivity index (χ0n) is 9.13. The summed E-state index contributed by atoms with van der Waals surface area (Å²) in [4.78, 5) is 14.9. The van der Waals surface area contributed by atoms with Crippen LogP contribution in [0.2, 0.25) is 0 Å². The lowest BCUT2D eigenvalue weighted by molar-refractivity contribution is -0.111. The third-order valence-electron chi connectivity index (χ3n) is 2.07. The molecule has 0 unspecified atom stereocenters. The van der Waals surface area contributed by atoms with E-state index in [1.807, 2.05) is 0 Å². The molecule has 0 saturated carbocycles. The molecule has 2 rings (SSSR count). The number of nitrogens with one attached hydrogen (secondary N) is 1. The van der Waals surface area contributed by atoms with Gasteiger partial charge in [-0.2, -0.15) is 0 Å². The molecule has 0 aliphatic carbocycles. The number of nitrogens with zero attached hydrogens (tertiary/aromatic N) is 1. The molecule has 0 aliphatic rings. The highest BCUT2D eigenvalue weighted by Gasteiger charge is 2.17. The van der Waals surface area contributed by atoms with Crippen molar-refractivity contribution in [1.29, 1.82) is 0 Å². The molecule has 0 spiro atoms. The van der Waals surface area contributed by atoms with Gasteiger partial charge in [0.05, 0.1) is 4.70 Å². The maximum atomic E-state index is 13.4. The summed E-state index contributed by atoms with van der Waals surface area (Å²) in [6.45, 7) is 1.66. The van der Waals surface area contributed by atoms with Crippen molar-refractivity contribution < 1.29 is 18.0 Å². The second-order valence-corrected chi connectivity index (χ2v) is 4.37. The second-order valence-electron chi connectivity index (χ2n) is 3.34. The molecule has 1 heterocycles. The average Bonchev–Trinajstić information content (AvgIpc) is 2.69. The van der Waals surface area contributed by atoms with E-state index in [1.54, 1.807) is 6.92 Å². The summed E-state index contributed by atoms with van der Waals surface area (Å²) in [6, 6.07) is 0.844. The minimum atomic E-state index is -1.57. The summed E-state index contributed by atoms with van der Waals surface area (Å²) in [7, 11) is 0. The van der Waals surface area contributed by atoms with E-state index < -0.39 is 23.4 Å². The Morgan fingerprint density at radius 2 is 2.11 bits per heavy atom. The number of aromatic nitrogens is 1. The van der Waals surface area contributed by atoms with Crippen molar-refractivity contribution >= 4 is 32.6 Å². The van der Waals surface area contributed by atoms with Crippen molar-refractivity contribution in [3.8, 4) is 0 Å². The van der Waals surface area contributed by atoms with Gasteiger partial charge in [-0.3, -0.25) is 10.1 Å². The average molecular weight is 272 g/mol. The number of allylic oxidation sites excluding steroid dienone is 1. The summed E-state index contributed by atoms with van der Waals surface area (Å²) in [5, 5.41) is 2.45. The Morgan fingerprint density at radius 1 is 1.39 bits per heavy atom. The maximum absolute atomic E-state index is 13.4. The summed E-state index contributed by atoms with van der Waals surface area (Å²) in [5.74, 6) is -4.65. The molecule has 0 fully saturated rings. The van der Waals surface area contributed by atoms with Crippen LogP contribution in [-0.4, -0.2) is 10.9 Å². The number of carbonyl (C=O) groups is 1. The van der Waals surface area contributed by atoms with E-state index in [4.69, 9.17) is 0 Å². The Kier molecular flexibility index (Phi) is 3.33. The number of thiazole rings is 1. The lowest BCUT2D eigenvalue weighted by Crippen LogP contribution is -2.07. The number of hydrogen-bond donors (Lipinski definition) is 1. The monoisotopic (exact) mass is 272 g/mol. The van der Waals surface area contributed by atoms with Gasteiger partial charge in [0.2, 0.25) is 5.91 Å². The maximum Gasteiger partial charge on any atom is 0.249 e. The van der Waals surface area contributed by atoms with E-state index in [1.165, 1.54) is 12.2 Å². The Labute approximate surface area is 104 Å². The van der Waals surface area contributed by atoms with Crippen molar-refractivity contribution in [3.63, 3.8) is 0 Å². The van der Waals surface area contributed by atoms with Crippen LogP contribution in [0.5, 0.6) is 0 Å². The van der Waals surface area contributed by atoms with Gasteiger partial charge in [-0.15, -0.1) is 0 Å². The molecule has 0 saturated heterocycles. The Bertz CT molecular complexity index is 651. The van der Waals surface area contributed by atoms with Crippen LogP contribution >= 0.6 is 11.3 Å². The highest BCUT2D eigenvalue weighted by molar-refractivity contribution is 7.22. The fourth-order valence-electron chi connectivity index (χ4n) is 1.33. The molecular weight excluding hydrogens is 265 g/mol. The first-order valence-corrected chi connectivity index (χ1v) is 5.72. The fourth-order valence-corrected chi connectivity index (χ4v) is 2.22. The van der Waals surface area contributed by atoms with Crippen LogP contribution in [-0.2, 0) is 4.79 Å². The van der Waals surface area contributed by atoms with Gasteiger partial charge in [0.25, 0.3) is 0 Å². The molecule has 0 bridgehead atoms. The number of amides is 1. The van der Waals surface area contributed by atoms with Crippen molar-refractivity contribution in [2.75, 3.05) is 5.32 Å². The van der Waals surface area contributed by atoms with Gasteiger partial charge in [-0.25, -0.2) is 18.2 Å². The lowest BCUT2D eigenvalue weighted by Gasteiger charge is -1.94. The smallest absolute Gasteiger partial charge is 0.249 e. The molecule has 7 heteroatoms. The molecule has 1 aromatic heterocycles. The number of anilines is 1. The number of carbonyl (C=O) groups excluding carboxylic acids is 1. The number of hydrogen-bond acceptors (Lipinski definition) is 3. The Hall–Kier alpha value is -1.89. The lowest BCUT2D eigenvalue weighted by atomic mass is 10.3. The first-order chi connectivity index (χ1) is 8.52. The second kappa shape index (κ2) is 4.77. The highest BCUT2D eigenvalue weighted by atomic mass is 32.1. The van der Waals surface area contributed by atoms with E-state index >= 15 is 0 Å². The van der Waals surface area contributed by atoms with E-state index in [9.17, 15) is 18.0 Å². The first-order valence-electron chi connectivity index (χ1n) is 4.90. The molecule has 18 heavy (non-hydrogen) atoms. The molecule has 3 nitrogen and oxygen atoms in total. The van der Waals surface area contributed by atoms with E-state index in [-0.39, 0.29) is 15.3 Å². The number of halogens is 3. The summed E-state index contributed by atoms with van der Waals surface area (Å²) in [5.41, 5.74) is -0.297. The summed E-state index contributed by atoms with van der Waals surface area (Å²) in [6.07, 6.45) is 2.77. The van der Waals surface area contributed by atoms with Gasteiger partial charge in [0, 0.05) is 0 Å². The summed E-state index contributed by atoms with van der Waals surface area (Å²) < 4.78 is 39.4. The van der Waals surface area contributed by atoms with Crippen LogP contribution in [0.1, 0.15) is 6.92 Å². The van der Waals surface area contributed by atoms with Crippen molar-refractivity contribution in [1.82, 2.24) is 4.98 Å². The predicted molar refractivity (Wildman–Crippen MR) is 62.9 cm³/mol. The normalized spacial score (nSPS) is 11.3. The van der Waals surface area contributed by atoms with Crippen molar-refractivity contribution in [2.24, 2.45) is 0 Å². The largest absolute Gasteiger partial charge is 0.298 e. The van der Waals surface area contributed by atoms with Crippen LogP contribution in [0.4, 0.5) is 18.3 Å². The van der Waals surface area contributed by atoms with Crippen LogP contribution in [0.25, 0.3) is 10.2 Å². The molecule has 0 atom stereocenters. The van der Waals surface area contributed by atoms with Gasteiger partial charge in [0.15, 0.2) is 22.6 Å². The van der Waals surface area contributed by atoms with Gasteiger partial charge >= 0.3 is 0 Å². The topological polar surface area (TPSA) is 42.0 Å².